The van der Waals surface area contributed by atoms with E-state index in [4.69, 9.17) is 29.7 Å². The summed E-state index contributed by atoms with van der Waals surface area (Å²) in [7, 11) is -8.12. The first kappa shape index (κ1) is 60.2. The highest BCUT2D eigenvalue weighted by Gasteiger charge is 2.48. The van der Waals surface area contributed by atoms with Crippen molar-refractivity contribution in [2.45, 2.75) is 119 Å². The Labute approximate surface area is 510 Å². The second-order valence-corrected chi connectivity index (χ2v) is 29.7. The van der Waals surface area contributed by atoms with Crippen molar-refractivity contribution in [2.75, 3.05) is 39.3 Å². The van der Waals surface area contributed by atoms with Gasteiger partial charge in [0.05, 0.1) is 77.9 Å². The van der Waals surface area contributed by atoms with Gasteiger partial charge in [-0.05, 0) is 114 Å². The van der Waals surface area contributed by atoms with Gasteiger partial charge in [-0.1, -0.05) is 13.0 Å². The first-order chi connectivity index (χ1) is 41.6. The number of hydrogen-bond acceptors (Lipinski definition) is 24. The van der Waals surface area contributed by atoms with Gasteiger partial charge in [-0.15, -0.1) is 34.0 Å². The van der Waals surface area contributed by atoms with Crippen LogP contribution in [0.4, 0.5) is 36.7 Å². The van der Waals surface area contributed by atoms with Crippen molar-refractivity contribution in [2.24, 2.45) is 17.8 Å². The number of nitrogens with zero attached hydrogens (tertiary/aromatic N) is 9. The Morgan fingerprint density at radius 2 is 1.22 bits per heavy atom. The molecule has 12 rings (SSSR count). The summed E-state index contributed by atoms with van der Waals surface area (Å²) in [5.41, 5.74) is 3.80. The minimum Gasteiger partial charge on any atom is -0.470 e. The van der Waals surface area contributed by atoms with Crippen LogP contribution < -0.4 is 26.0 Å². The first-order valence-electron chi connectivity index (χ1n) is 28.2. The van der Waals surface area contributed by atoms with Crippen LogP contribution in [-0.2, 0) is 32.6 Å². The average Bonchev–Trinajstić information content (AvgIpc) is 2.77. The number of benzene rings is 2. The molecular formula is C58H60F3N13O8S5. The lowest BCUT2D eigenvalue weighted by atomic mass is 10.1. The number of nitrogens with one attached hydrogen (secondary N) is 4. The van der Waals surface area contributed by atoms with Crippen molar-refractivity contribution in [3.63, 3.8) is 0 Å². The molecule has 7 aromatic heterocycles. The third-order valence-corrected chi connectivity index (χ3v) is 23.4. The molecule has 21 nitrogen and oxygen atoms in total. The Morgan fingerprint density at radius 3 is 1.84 bits per heavy atom. The summed E-state index contributed by atoms with van der Waals surface area (Å²) >= 11 is 3.66. The van der Waals surface area contributed by atoms with E-state index in [2.05, 4.69) is 41.2 Å². The maximum absolute atomic E-state index is 14.9. The fourth-order valence-electron chi connectivity index (χ4n) is 11.2. The summed E-state index contributed by atoms with van der Waals surface area (Å²) in [6, 6.07) is 9.67. The Morgan fingerprint density at radius 1 is 0.632 bits per heavy atom. The summed E-state index contributed by atoms with van der Waals surface area (Å²) < 4.78 is 108. The van der Waals surface area contributed by atoms with Crippen LogP contribution in [0.1, 0.15) is 65.8 Å². The lowest BCUT2D eigenvalue weighted by Gasteiger charge is -2.24. The van der Waals surface area contributed by atoms with Gasteiger partial charge in [0.15, 0.2) is 9.84 Å². The molecule has 29 heteroatoms. The van der Waals surface area contributed by atoms with Crippen molar-refractivity contribution < 1.29 is 50.1 Å². The maximum atomic E-state index is 14.9. The molecule has 3 saturated carbocycles. The predicted molar refractivity (Wildman–Crippen MR) is 326 cm³/mol. The van der Waals surface area contributed by atoms with Gasteiger partial charge < -0.3 is 41.3 Å². The third kappa shape index (κ3) is 12.4. The van der Waals surface area contributed by atoms with Crippen LogP contribution in [0.5, 0.6) is 5.88 Å². The molecule has 0 bridgehead atoms. The van der Waals surface area contributed by atoms with E-state index in [-0.39, 0.29) is 63.2 Å². The normalized spacial score (nSPS) is 21.5. The van der Waals surface area contributed by atoms with E-state index in [0.29, 0.717) is 73.3 Å². The zero-order valence-corrected chi connectivity index (χ0v) is 51.6. The zero-order valence-electron chi connectivity index (χ0n) is 47.5. The number of rotatable bonds is 21. The van der Waals surface area contributed by atoms with Crippen molar-refractivity contribution in [1.29, 1.82) is 0 Å². The number of aliphatic hydroxyl groups excluding tert-OH is 3. The number of aryl methyl sites for hydroxylation is 5. The van der Waals surface area contributed by atoms with Crippen molar-refractivity contribution >= 4 is 97.7 Å². The number of anilines is 4. The first-order valence-corrected chi connectivity index (χ1v) is 33.9. The summed E-state index contributed by atoms with van der Waals surface area (Å²) in [6.45, 7) is 9.28. The molecule has 3 fully saturated rings. The molecule has 0 saturated heterocycles. The van der Waals surface area contributed by atoms with E-state index in [1.165, 1.54) is 47.1 Å². The highest BCUT2D eigenvalue weighted by molar-refractivity contribution is 7.93. The van der Waals surface area contributed by atoms with Gasteiger partial charge in [0.1, 0.15) is 68.4 Å². The highest BCUT2D eigenvalue weighted by Crippen LogP contribution is 2.44. The van der Waals surface area contributed by atoms with E-state index in [1.54, 1.807) is 40.0 Å². The SMILES string of the molecule is CCc1nccc2sc(-c3c(C)nc(NCc4c(F)cccc4F)nc3NC3C[C@H](CS(=O)(=O)c4ccc(F)cc4)[C@@H](Oc4nccc5sc(-c6c(C)nc(NCC7CC7)nc6N[C@@H]6C[C@H](CS(=O)(=O)c7nc(C)c(C)s7)[C@@H](O)[C@H]6O)nc45)[C@H]3O)nc12. The van der Waals surface area contributed by atoms with Crippen LogP contribution >= 0.6 is 34.0 Å². The standard InChI is InChI=1S/C58H60F3N13O8S5/c1-6-38-45-41(16-18-62-38)84-54(71-45)43-27(3)67-57(65-23-35-36(60)8-7-9-37(35)61)74-52(43)70-40-21-32(25-86(78,79)34-14-12-33(59)13-15-34)50(49(40)77)82-53-46-42(17-19-63-53)85-55(72-46)44-28(4)66-56(64-22-30-10-11-30)73-51(44)69-39-20-31(47(75)48(39)76)24-87(80,81)58-68-26(2)29(5)83-58/h7-9,12-19,30-32,39-40,47-50,75-77H,6,10-11,20-25H2,1-5H3,(H2,64,66,69,73)(H2,65,67,70,74)/t31-,32-,39-,40?,47-,48+,49+,50-/m1/s1. The Balaban J connectivity index is 0.886. The van der Waals surface area contributed by atoms with Crippen LogP contribution in [0.2, 0.25) is 0 Å². The monoisotopic (exact) mass is 1280 g/mol. The lowest BCUT2D eigenvalue weighted by Crippen LogP contribution is -2.40. The minimum atomic E-state index is -4.19. The van der Waals surface area contributed by atoms with E-state index in [0.717, 1.165) is 63.7 Å². The molecule has 0 radical (unpaired) electrons. The number of aliphatic hydroxyl groups is 3. The fourth-order valence-corrected chi connectivity index (χ4v) is 18.0. The number of halogens is 3. The molecule has 8 atom stereocenters. The molecule has 0 aliphatic heterocycles. The van der Waals surface area contributed by atoms with Crippen LogP contribution in [0.15, 0.2) is 76.2 Å². The molecular weight excluding hydrogens is 1220 g/mol. The second kappa shape index (κ2) is 24.1. The molecule has 87 heavy (non-hydrogen) atoms. The molecule has 9 aromatic rings. The average molecular weight is 1280 g/mol. The molecule has 7 heterocycles. The molecule has 456 valence electrons. The Hall–Kier alpha value is -7.12. The van der Waals surface area contributed by atoms with E-state index in [1.807, 2.05) is 13.0 Å². The number of sulfone groups is 2. The highest BCUT2D eigenvalue weighted by atomic mass is 32.2. The topological polar surface area (TPSA) is 302 Å². The zero-order chi connectivity index (χ0) is 61.2. The van der Waals surface area contributed by atoms with Gasteiger partial charge in [0.25, 0.3) is 0 Å². The number of hydrogen-bond donors (Lipinski definition) is 7. The van der Waals surface area contributed by atoms with E-state index >= 15 is 0 Å². The fraction of sp³-hybridized carbons (Fsp3) is 0.397. The van der Waals surface area contributed by atoms with Crippen molar-refractivity contribution in [1.82, 2.24) is 44.9 Å². The minimum absolute atomic E-state index is 0.0168. The van der Waals surface area contributed by atoms with Gasteiger partial charge in [-0.25, -0.2) is 59.9 Å². The number of ether oxygens (including phenoxy) is 1. The molecule has 0 spiro atoms. The third-order valence-electron chi connectivity index (χ3n) is 16.1. The molecule has 1 unspecified atom stereocenters. The summed E-state index contributed by atoms with van der Waals surface area (Å²) in [5, 5.41) is 49.4. The van der Waals surface area contributed by atoms with E-state index < -0.39 is 97.0 Å². The van der Waals surface area contributed by atoms with Gasteiger partial charge in [-0.2, -0.15) is 9.97 Å². The molecule has 7 N–H and O–H groups in total. The van der Waals surface area contributed by atoms with Crippen LogP contribution in [-0.4, -0.2) is 132 Å². The Bertz CT molecular complexity index is 4290. The molecule has 2 aromatic carbocycles. The maximum Gasteiger partial charge on any atom is 0.241 e. The smallest absolute Gasteiger partial charge is 0.241 e. The number of aromatic nitrogens is 9. The summed E-state index contributed by atoms with van der Waals surface area (Å²) in [5.74, 6) is -3.92. The number of pyridine rings is 2. The van der Waals surface area contributed by atoms with Gasteiger partial charge in [-0.3, -0.25) is 4.98 Å². The van der Waals surface area contributed by atoms with E-state index in [9.17, 15) is 45.3 Å². The molecule has 3 aliphatic carbocycles. The predicted octanol–water partition coefficient (Wildman–Crippen LogP) is 8.79. The van der Waals surface area contributed by atoms with Gasteiger partial charge in [0, 0.05) is 47.8 Å². The van der Waals surface area contributed by atoms with Crippen LogP contribution in [0.25, 0.3) is 41.6 Å². The van der Waals surface area contributed by atoms with Crippen molar-refractivity contribution in [3.05, 3.63) is 118 Å². The van der Waals surface area contributed by atoms with Crippen LogP contribution in [0.3, 0.4) is 0 Å². The molecule has 0 amide bonds. The van der Waals surface area contributed by atoms with Crippen LogP contribution in [0, 0.1) is 62.9 Å². The summed E-state index contributed by atoms with van der Waals surface area (Å²) in [6.07, 6.45) is 0.333. The second-order valence-electron chi connectivity index (χ2n) is 22.2. The van der Waals surface area contributed by atoms with Gasteiger partial charge in [0.2, 0.25) is 32.0 Å². The molecule has 3 aliphatic rings. The number of thiazole rings is 3. The Kier molecular flexibility index (Phi) is 16.7. The largest absolute Gasteiger partial charge is 0.470 e. The number of fused-ring (bicyclic) bond motifs is 2. The lowest BCUT2D eigenvalue weighted by molar-refractivity contribution is 0.0216. The van der Waals surface area contributed by atoms with Crippen molar-refractivity contribution in [3.8, 4) is 27.0 Å². The summed E-state index contributed by atoms with van der Waals surface area (Å²) in [4.78, 5) is 43.2. The quantitative estimate of drug-likeness (QED) is 0.0331. The van der Waals surface area contributed by atoms with Gasteiger partial charge >= 0.3 is 0 Å².